The van der Waals surface area contributed by atoms with Crippen molar-refractivity contribution in [1.82, 2.24) is 10.2 Å². The number of carbonyl (C=O) groups is 2. The molecule has 0 unspecified atom stereocenters. The zero-order chi connectivity index (χ0) is 22.1. The lowest BCUT2D eigenvalue weighted by Gasteiger charge is -2.31. The standard InChI is InChI=1S/C26H27FN2O2/c1-28-26(31)24(18-21-10-6-3-7-11-21)29(19-22-12-15-23(27)16-13-22)25(30)17-14-20-8-4-2-5-9-20/h2-13,15-16,24H,14,17-19H2,1H3,(H,28,31)/t24-/m0/s1. The van der Waals surface area contributed by atoms with Crippen molar-refractivity contribution in [3.05, 3.63) is 107 Å². The van der Waals surface area contributed by atoms with E-state index < -0.39 is 6.04 Å². The molecule has 0 aliphatic heterocycles. The lowest BCUT2D eigenvalue weighted by Crippen LogP contribution is -2.49. The van der Waals surface area contributed by atoms with Crippen LogP contribution in [0.5, 0.6) is 0 Å². The summed E-state index contributed by atoms with van der Waals surface area (Å²) >= 11 is 0. The number of amides is 2. The monoisotopic (exact) mass is 418 g/mol. The first kappa shape index (κ1) is 22.2. The number of hydrogen-bond donors (Lipinski definition) is 1. The van der Waals surface area contributed by atoms with Crippen molar-refractivity contribution < 1.29 is 14.0 Å². The average Bonchev–Trinajstić information content (AvgIpc) is 2.81. The molecule has 3 aromatic carbocycles. The number of carbonyl (C=O) groups excluding carboxylic acids is 2. The van der Waals surface area contributed by atoms with Gasteiger partial charge in [0.2, 0.25) is 11.8 Å². The van der Waals surface area contributed by atoms with Crippen molar-refractivity contribution >= 4 is 11.8 Å². The highest BCUT2D eigenvalue weighted by Gasteiger charge is 2.29. The molecule has 160 valence electrons. The van der Waals surface area contributed by atoms with Crippen molar-refractivity contribution in [2.75, 3.05) is 7.05 Å². The van der Waals surface area contributed by atoms with Gasteiger partial charge in [-0.25, -0.2) is 4.39 Å². The molecule has 0 spiro atoms. The Morgan fingerprint density at radius 3 is 2.00 bits per heavy atom. The van der Waals surface area contributed by atoms with Gasteiger partial charge in [-0.1, -0.05) is 72.8 Å². The van der Waals surface area contributed by atoms with Crippen LogP contribution in [0.2, 0.25) is 0 Å². The number of rotatable bonds is 9. The lowest BCUT2D eigenvalue weighted by molar-refractivity contribution is -0.141. The summed E-state index contributed by atoms with van der Waals surface area (Å²) in [5.74, 6) is -0.672. The van der Waals surface area contributed by atoms with Crippen LogP contribution in [0.1, 0.15) is 23.1 Å². The summed E-state index contributed by atoms with van der Waals surface area (Å²) in [7, 11) is 1.57. The summed E-state index contributed by atoms with van der Waals surface area (Å²) in [6.07, 6.45) is 1.28. The van der Waals surface area contributed by atoms with Crippen LogP contribution in [0, 0.1) is 5.82 Å². The normalized spacial score (nSPS) is 11.5. The molecular weight excluding hydrogens is 391 g/mol. The molecule has 0 saturated heterocycles. The molecule has 1 N–H and O–H groups in total. The average molecular weight is 419 g/mol. The van der Waals surface area contributed by atoms with Crippen LogP contribution in [0.25, 0.3) is 0 Å². The number of likely N-dealkylation sites (N-methyl/N-ethyl adjacent to an activating group) is 1. The van der Waals surface area contributed by atoms with E-state index in [9.17, 15) is 14.0 Å². The smallest absolute Gasteiger partial charge is 0.242 e. The quantitative estimate of drug-likeness (QED) is 0.568. The number of aryl methyl sites for hydroxylation is 1. The fourth-order valence-corrected chi connectivity index (χ4v) is 3.55. The Labute approximate surface area is 182 Å². The van der Waals surface area contributed by atoms with E-state index in [2.05, 4.69) is 5.32 Å². The van der Waals surface area contributed by atoms with Crippen molar-refractivity contribution in [3.63, 3.8) is 0 Å². The maximum absolute atomic E-state index is 13.4. The zero-order valence-electron chi connectivity index (χ0n) is 17.6. The van der Waals surface area contributed by atoms with Gasteiger partial charge in [0.15, 0.2) is 0 Å². The van der Waals surface area contributed by atoms with Crippen LogP contribution >= 0.6 is 0 Å². The third-order valence-electron chi connectivity index (χ3n) is 5.25. The molecule has 0 heterocycles. The van der Waals surface area contributed by atoms with Crippen molar-refractivity contribution in [1.29, 1.82) is 0 Å². The minimum Gasteiger partial charge on any atom is -0.357 e. The highest BCUT2D eigenvalue weighted by atomic mass is 19.1. The predicted molar refractivity (Wildman–Crippen MR) is 120 cm³/mol. The van der Waals surface area contributed by atoms with Gasteiger partial charge in [-0.3, -0.25) is 9.59 Å². The van der Waals surface area contributed by atoms with Crippen LogP contribution in [-0.4, -0.2) is 29.8 Å². The third-order valence-corrected chi connectivity index (χ3v) is 5.25. The van der Waals surface area contributed by atoms with Gasteiger partial charge in [0, 0.05) is 26.4 Å². The minimum absolute atomic E-state index is 0.113. The first-order chi connectivity index (χ1) is 15.1. The molecule has 0 fully saturated rings. The fourth-order valence-electron chi connectivity index (χ4n) is 3.55. The predicted octanol–water partition coefficient (Wildman–Crippen LogP) is 4.14. The largest absolute Gasteiger partial charge is 0.357 e. The second-order valence-electron chi connectivity index (χ2n) is 7.45. The highest BCUT2D eigenvalue weighted by Crippen LogP contribution is 2.17. The summed E-state index contributed by atoms with van der Waals surface area (Å²) in [6, 6.07) is 24.8. The molecule has 1 atom stereocenters. The molecule has 0 aliphatic carbocycles. The van der Waals surface area contributed by atoms with E-state index >= 15 is 0 Å². The van der Waals surface area contributed by atoms with Gasteiger partial charge < -0.3 is 10.2 Å². The van der Waals surface area contributed by atoms with Crippen molar-refractivity contribution in [2.45, 2.75) is 31.8 Å². The Balaban J connectivity index is 1.86. The molecule has 0 radical (unpaired) electrons. The van der Waals surface area contributed by atoms with E-state index in [1.165, 1.54) is 12.1 Å². The van der Waals surface area contributed by atoms with Crippen LogP contribution in [-0.2, 0) is 29.0 Å². The molecule has 0 aliphatic rings. The Morgan fingerprint density at radius 2 is 1.42 bits per heavy atom. The van der Waals surface area contributed by atoms with Gasteiger partial charge in [0.1, 0.15) is 11.9 Å². The number of nitrogens with one attached hydrogen (secondary N) is 1. The second kappa shape index (κ2) is 11.1. The first-order valence-electron chi connectivity index (χ1n) is 10.4. The third kappa shape index (κ3) is 6.51. The fraction of sp³-hybridized carbons (Fsp3) is 0.231. The van der Waals surface area contributed by atoms with Gasteiger partial charge >= 0.3 is 0 Å². The Hall–Kier alpha value is -3.47. The molecule has 3 rings (SSSR count). The highest BCUT2D eigenvalue weighted by molar-refractivity contribution is 5.88. The van der Waals surface area contributed by atoms with Crippen molar-refractivity contribution in [3.8, 4) is 0 Å². The Bertz CT molecular complexity index is 975. The summed E-state index contributed by atoms with van der Waals surface area (Å²) < 4.78 is 13.4. The zero-order valence-corrected chi connectivity index (χ0v) is 17.6. The minimum atomic E-state index is -0.666. The van der Waals surface area contributed by atoms with Gasteiger partial charge in [0.05, 0.1) is 0 Å². The SMILES string of the molecule is CNC(=O)[C@H](Cc1ccccc1)N(Cc1ccc(F)cc1)C(=O)CCc1ccccc1. The topological polar surface area (TPSA) is 49.4 Å². The lowest BCUT2D eigenvalue weighted by atomic mass is 10.0. The van der Waals surface area contributed by atoms with E-state index in [1.54, 1.807) is 24.1 Å². The number of benzene rings is 3. The van der Waals surface area contributed by atoms with Crippen LogP contribution in [0.3, 0.4) is 0 Å². The summed E-state index contributed by atoms with van der Waals surface area (Å²) in [5, 5.41) is 2.70. The van der Waals surface area contributed by atoms with Crippen LogP contribution in [0.15, 0.2) is 84.9 Å². The van der Waals surface area contributed by atoms with E-state index in [0.717, 1.165) is 16.7 Å². The van der Waals surface area contributed by atoms with Crippen LogP contribution < -0.4 is 5.32 Å². The second-order valence-corrected chi connectivity index (χ2v) is 7.45. The van der Waals surface area contributed by atoms with E-state index in [-0.39, 0.29) is 30.6 Å². The number of halogens is 1. The Morgan fingerprint density at radius 1 is 0.839 bits per heavy atom. The maximum Gasteiger partial charge on any atom is 0.242 e. The molecule has 31 heavy (non-hydrogen) atoms. The van der Waals surface area contributed by atoms with E-state index in [4.69, 9.17) is 0 Å². The summed E-state index contributed by atoms with van der Waals surface area (Å²) in [6.45, 7) is 0.235. The van der Waals surface area contributed by atoms with Gasteiger partial charge in [0.25, 0.3) is 0 Å². The Kier molecular flexibility index (Phi) is 7.93. The molecular formula is C26H27FN2O2. The van der Waals surface area contributed by atoms with Gasteiger partial charge in [-0.05, 0) is 35.2 Å². The molecule has 0 aromatic heterocycles. The van der Waals surface area contributed by atoms with E-state index in [1.807, 2.05) is 60.7 Å². The molecule has 2 amide bonds. The first-order valence-corrected chi connectivity index (χ1v) is 10.4. The number of hydrogen-bond acceptors (Lipinski definition) is 2. The molecule has 0 bridgehead atoms. The van der Waals surface area contributed by atoms with Crippen LogP contribution in [0.4, 0.5) is 4.39 Å². The molecule has 4 nitrogen and oxygen atoms in total. The summed E-state index contributed by atoms with van der Waals surface area (Å²) in [4.78, 5) is 27.7. The number of nitrogens with zero attached hydrogens (tertiary/aromatic N) is 1. The molecule has 0 saturated carbocycles. The van der Waals surface area contributed by atoms with Crippen molar-refractivity contribution in [2.24, 2.45) is 0 Å². The molecule has 3 aromatic rings. The maximum atomic E-state index is 13.4. The molecule has 5 heteroatoms. The van der Waals surface area contributed by atoms with Gasteiger partial charge in [-0.15, -0.1) is 0 Å². The van der Waals surface area contributed by atoms with E-state index in [0.29, 0.717) is 12.8 Å². The van der Waals surface area contributed by atoms with Gasteiger partial charge in [-0.2, -0.15) is 0 Å². The summed E-state index contributed by atoms with van der Waals surface area (Å²) in [5.41, 5.74) is 2.81.